The molecular formula is C19H24N4O2. The third-order valence-corrected chi connectivity index (χ3v) is 5.20. The van der Waals surface area contributed by atoms with Crippen LogP contribution in [0.4, 0.5) is 4.79 Å². The first-order valence-electron chi connectivity index (χ1n) is 9.05. The Morgan fingerprint density at radius 1 is 1.20 bits per heavy atom. The lowest BCUT2D eigenvalue weighted by molar-refractivity contribution is 0.0951. The van der Waals surface area contributed by atoms with Crippen molar-refractivity contribution >= 4 is 6.03 Å². The van der Waals surface area contributed by atoms with E-state index in [0.717, 1.165) is 43.4 Å². The summed E-state index contributed by atoms with van der Waals surface area (Å²) in [5.74, 6) is 0. The lowest BCUT2D eigenvalue weighted by atomic mass is 9.97. The van der Waals surface area contributed by atoms with Gasteiger partial charge in [-0.05, 0) is 31.2 Å². The van der Waals surface area contributed by atoms with Crippen LogP contribution < -0.4 is 5.32 Å². The molecule has 4 rings (SSSR count). The minimum absolute atomic E-state index is 0.00216. The number of nitrogens with zero attached hydrogens (tertiary/aromatic N) is 2. The number of urea groups is 1. The highest BCUT2D eigenvalue weighted by Gasteiger charge is 2.34. The van der Waals surface area contributed by atoms with Crippen LogP contribution in [0.1, 0.15) is 49.0 Å². The summed E-state index contributed by atoms with van der Waals surface area (Å²) in [6, 6.07) is 10.3. The summed E-state index contributed by atoms with van der Waals surface area (Å²) in [6.07, 6.45) is 7.65. The average Bonchev–Trinajstić information content (AvgIpc) is 3.34. The molecular weight excluding hydrogens is 316 g/mol. The van der Waals surface area contributed by atoms with Gasteiger partial charge in [0.1, 0.15) is 6.10 Å². The minimum atomic E-state index is -0.0673. The number of aromatic nitrogens is 2. The van der Waals surface area contributed by atoms with Crippen molar-refractivity contribution in [3.8, 4) is 0 Å². The van der Waals surface area contributed by atoms with E-state index >= 15 is 0 Å². The molecule has 2 amide bonds. The quantitative estimate of drug-likeness (QED) is 0.901. The summed E-state index contributed by atoms with van der Waals surface area (Å²) >= 11 is 0. The SMILES string of the molecule is O=C(N[C@@H]1CCO[C@H]1c1ccccc1)N1CCCC[C@H]1c1cn[nH]c1. The Morgan fingerprint density at radius 3 is 2.88 bits per heavy atom. The van der Waals surface area contributed by atoms with Gasteiger partial charge in [0.05, 0.1) is 18.3 Å². The van der Waals surface area contributed by atoms with Crippen LogP contribution in [0.15, 0.2) is 42.7 Å². The van der Waals surface area contributed by atoms with Gasteiger partial charge in [0, 0.05) is 24.9 Å². The maximum Gasteiger partial charge on any atom is 0.318 e. The number of rotatable bonds is 3. The van der Waals surface area contributed by atoms with E-state index in [9.17, 15) is 4.79 Å². The molecule has 6 nitrogen and oxygen atoms in total. The molecule has 0 saturated carbocycles. The molecule has 2 saturated heterocycles. The molecule has 2 aliphatic heterocycles. The van der Waals surface area contributed by atoms with Crippen molar-refractivity contribution in [2.45, 2.75) is 43.9 Å². The van der Waals surface area contributed by atoms with Crippen molar-refractivity contribution in [1.82, 2.24) is 20.4 Å². The predicted octanol–water partition coefficient (Wildman–Crippen LogP) is 3.18. The third kappa shape index (κ3) is 3.39. The number of benzene rings is 1. The fourth-order valence-corrected chi connectivity index (χ4v) is 3.91. The zero-order chi connectivity index (χ0) is 17.1. The summed E-state index contributed by atoms with van der Waals surface area (Å²) in [6.45, 7) is 1.46. The second-order valence-electron chi connectivity index (χ2n) is 6.78. The maximum absolute atomic E-state index is 13.0. The Morgan fingerprint density at radius 2 is 2.08 bits per heavy atom. The zero-order valence-electron chi connectivity index (χ0n) is 14.2. The van der Waals surface area contributed by atoms with Gasteiger partial charge in [0.25, 0.3) is 0 Å². The molecule has 2 aliphatic rings. The molecule has 0 unspecified atom stereocenters. The third-order valence-electron chi connectivity index (χ3n) is 5.20. The molecule has 1 aromatic heterocycles. The average molecular weight is 340 g/mol. The molecule has 0 bridgehead atoms. The molecule has 0 radical (unpaired) electrons. The van der Waals surface area contributed by atoms with Crippen molar-refractivity contribution < 1.29 is 9.53 Å². The Labute approximate surface area is 147 Å². The molecule has 2 fully saturated rings. The van der Waals surface area contributed by atoms with E-state index in [0.29, 0.717) is 6.61 Å². The molecule has 2 aromatic rings. The monoisotopic (exact) mass is 340 g/mol. The number of likely N-dealkylation sites (tertiary alicyclic amines) is 1. The van der Waals surface area contributed by atoms with Gasteiger partial charge in [-0.1, -0.05) is 30.3 Å². The molecule has 132 valence electrons. The number of amides is 2. The largest absolute Gasteiger partial charge is 0.371 e. The standard InChI is InChI=1S/C19H24N4O2/c24-19(23-10-5-4-8-17(23)15-12-20-21-13-15)22-16-9-11-25-18(16)14-6-2-1-3-7-14/h1-3,6-7,12-13,16-18H,4-5,8-11H2,(H,20,21)(H,22,24)/t16-,17+,18+/m1/s1. The number of nitrogens with one attached hydrogen (secondary N) is 2. The predicted molar refractivity (Wildman–Crippen MR) is 94.0 cm³/mol. The highest BCUT2D eigenvalue weighted by molar-refractivity contribution is 5.75. The summed E-state index contributed by atoms with van der Waals surface area (Å²) in [7, 11) is 0. The first-order chi connectivity index (χ1) is 12.3. The summed E-state index contributed by atoms with van der Waals surface area (Å²) in [5, 5.41) is 10.1. The normalized spacial score (nSPS) is 26.6. The van der Waals surface area contributed by atoms with E-state index in [4.69, 9.17) is 4.74 Å². The second kappa shape index (κ2) is 7.27. The number of H-pyrrole nitrogens is 1. The van der Waals surface area contributed by atoms with E-state index in [1.165, 1.54) is 0 Å². The molecule has 6 heteroatoms. The van der Waals surface area contributed by atoms with Gasteiger partial charge >= 0.3 is 6.03 Å². The highest BCUT2D eigenvalue weighted by atomic mass is 16.5. The maximum atomic E-state index is 13.0. The van der Waals surface area contributed by atoms with Gasteiger partial charge < -0.3 is 15.0 Å². The van der Waals surface area contributed by atoms with Crippen LogP contribution in [0, 0.1) is 0 Å². The van der Waals surface area contributed by atoms with Gasteiger partial charge in [-0.3, -0.25) is 5.10 Å². The lowest BCUT2D eigenvalue weighted by Crippen LogP contribution is -2.48. The Balaban J connectivity index is 1.47. The number of hydrogen-bond acceptors (Lipinski definition) is 3. The Hall–Kier alpha value is -2.34. The molecule has 2 N–H and O–H groups in total. The number of carbonyl (C=O) groups excluding carboxylic acids is 1. The molecule has 3 atom stereocenters. The number of hydrogen-bond donors (Lipinski definition) is 2. The van der Waals surface area contributed by atoms with Crippen molar-refractivity contribution in [2.75, 3.05) is 13.2 Å². The molecule has 0 aliphatic carbocycles. The van der Waals surface area contributed by atoms with Gasteiger partial charge in [0.15, 0.2) is 0 Å². The van der Waals surface area contributed by atoms with Crippen LogP contribution >= 0.6 is 0 Å². The van der Waals surface area contributed by atoms with Crippen LogP contribution in [0.3, 0.4) is 0 Å². The summed E-state index contributed by atoms with van der Waals surface area (Å²) in [4.78, 5) is 14.9. The second-order valence-corrected chi connectivity index (χ2v) is 6.78. The van der Waals surface area contributed by atoms with Gasteiger partial charge in [0.2, 0.25) is 0 Å². The van der Waals surface area contributed by atoms with Crippen molar-refractivity contribution in [3.63, 3.8) is 0 Å². The minimum Gasteiger partial charge on any atom is -0.371 e. The lowest BCUT2D eigenvalue weighted by Gasteiger charge is -2.36. The Kier molecular flexibility index (Phi) is 4.70. The summed E-state index contributed by atoms with van der Waals surface area (Å²) < 4.78 is 5.89. The summed E-state index contributed by atoms with van der Waals surface area (Å²) in [5.41, 5.74) is 2.20. The number of ether oxygens (including phenoxy) is 1. The van der Waals surface area contributed by atoms with Crippen molar-refractivity contribution in [2.24, 2.45) is 0 Å². The van der Waals surface area contributed by atoms with Crippen LogP contribution in [-0.2, 0) is 4.74 Å². The molecule has 3 heterocycles. The van der Waals surface area contributed by atoms with E-state index in [1.54, 1.807) is 0 Å². The van der Waals surface area contributed by atoms with Crippen LogP contribution in [0.25, 0.3) is 0 Å². The first-order valence-corrected chi connectivity index (χ1v) is 9.05. The van der Waals surface area contributed by atoms with Crippen LogP contribution in [0.5, 0.6) is 0 Å². The van der Waals surface area contributed by atoms with Crippen molar-refractivity contribution in [1.29, 1.82) is 0 Å². The van der Waals surface area contributed by atoms with Crippen molar-refractivity contribution in [3.05, 3.63) is 53.9 Å². The molecule has 0 spiro atoms. The fourth-order valence-electron chi connectivity index (χ4n) is 3.91. The van der Waals surface area contributed by atoms with Crippen LogP contribution in [0.2, 0.25) is 0 Å². The smallest absolute Gasteiger partial charge is 0.318 e. The van der Waals surface area contributed by atoms with Gasteiger partial charge in [-0.25, -0.2) is 4.79 Å². The Bertz CT molecular complexity index is 689. The number of aromatic amines is 1. The number of piperidine rings is 1. The van der Waals surface area contributed by atoms with E-state index in [-0.39, 0.29) is 24.2 Å². The molecule has 1 aromatic carbocycles. The highest BCUT2D eigenvalue weighted by Crippen LogP contribution is 2.32. The topological polar surface area (TPSA) is 70.2 Å². The first kappa shape index (κ1) is 16.1. The van der Waals surface area contributed by atoms with E-state index in [2.05, 4.69) is 27.6 Å². The van der Waals surface area contributed by atoms with E-state index in [1.807, 2.05) is 35.5 Å². The number of carbonyl (C=O) groups is 1. The van der Waals surface area contributed by atoms with Crippen LogP contribution in [-0.4, -0.2) is 40.3 Å². The van der Waals surface area contributed by atoms with Gasteiger partial charge in [-0.2, -0.15) is 5.10 Å². The zero-order valence-corrected chi connectivity index (χ0v) is 14.2. The van der Waals surface area contributed by atoms with E-state index < -0.39 is 0 Å². The van der Waals surface area contributed by atoms with Gasteiger partial charge in [-0.15, -0.1) is 0 Å². The molecule has 25 heavy (non-hydrogen) atoms. The fraction of sp³-hybridized carbons (Fsp3) is 0.474.